The van der Waals surface area contributed by atoms with Crippen molar-refractivity contribution in [3.05, 3.63) is 93.9 Å². The van der Waals surface area contributed by atoms with Gasteiger partial charge in [-0.25, -0.2) is 14.1 Å². The molecule has 0 unspecified atom stereocenters. The summed E-state index contributed by atoms with van der Waals surface area (Å²) in [5.41, 5.74) is 2.49. The second-order valence-electron chi connectivity index (χ2n) is 7.30. The molecule has 0 aliphatic carbocycles. The zero-order valence-corrected chi connectivity index (χ0v) is 18.2. The fourth-order valence-corrected chi connectivity index (χ4v) is 3.41. The molecule has 0 spiro atoms. The number of halogens is 2. The third-order valence-corrected chi connectivity index (χ3v) is 4.96. The molecule has 0 atom stereocenters. The van der Waals surface area contributed by atoms with Gasteiger partial charge < -0.3 is 9.15 Å². The van der Waals surface area contributed by atoms with Crippen molar-refractivity contribution in [2.45, 2.75) is 27.0 Å². The van der Waals surface area contributed by atoms with Crippen LogP contribution in [0.2, 0.25) is 5.02 Å². The van der Waals surface area contributed by atoms with E-state index in [1.165, 1.54) is 23.1 Å². The fraction of sp³-hybridized carbons (Fsp3) is 0.174. The van der Waals surface area contributed by atoms with Crippen LogP contribution in [-0.4, -0.2) is 20.7 Å². The lowest BCUT2D eigenvalue weighted by Crippen LogP contribution is -2.13. The van der Waals surface area contributed by atoms with Crippen LogP contribution >= 0.6 is 11.6 Å². The molecule has 2 aromatic carbocycles. The number of carbonyl (C=O) groups is 1. The monoisotopic (exact) mass is 454 g/mol. The first kappa shape index (κ1) is 21.6. The van der Waals surface area contributed by atoms with Crippen molar-refractivity contribution in [2.24, 2.45) is 0 Å². The molecule has 4 aromatic rings. The number of nitrogens with zero attached hydrogens (tertiary/aromatic N) is 3. The van der Waals surface area contributed by atoms with Crippen molar-refractivity contribution in [3.8, 4) is 5.75 Å². The number of hydrogen-bond donors (Lipinski definition) is 1. The predicted molar refractivity (Wildman–Crippen MR) is 117 cm³/mol. The number of nitrogens with one attached hydrogen (secondary N) is 1. The molecule has 9 heteroatoms. The predicted octanol–water partition coefficient (Wildman–Crippen LogP) is 5.16. The van der Waals surface area contributed by atoms with E-state index in [0.717, 1.165) is 16.9 Å². The van der Waals surface area contributed by atoms with Gasteiger partial charge in [0.05, 0.1) is 6.54 Å². The van der Waals surface area contributed by atoms with E-state index in [2.05, 4.69) is 21.5 Å². The maximum atomic E-state index is 13.9. The zero-order chi connectivity index (χ0) is 22.7. The van der Waals surface area contributed by atoms with Gasteiger partial charge in [-0.1, -0.05) is 23.7 Å². The molecule has 1 N–H and O–H groups in total. The fourth-order valence-electron chi connectivity index (χ4n) is 3.18. The van der Waals surface area contributed by atoms with Gasteiger partial charge in [-0.05, 0) is 61.4 Å². The molecule has 2 heterocycles. The minimum absolute atomic E-state index is 0.0619. The Balaban J connectivity index is 1.36. The third kappa shape index (κ3) is 5.15. The van der Waals surface area contributed by atoms with E-state index < -0.39 is 11.7 Å². The summed E-state index contributed by atoms with van der Waals surface area (Å²) in [6.07, 6.45) is 1.38. The highest BCUT2D eigenvalue weighted by molar-refractivity contribution is 6.31. The van der Waals surface area contributed by atoms with Crippen molar-refractivity contribution < 1.29 is 18.3 Å². The van der Waals surface area contributed by atoms with Crippen molar-refractivity contribution >= 4 is 23.5 Å². The lowest BCUT2D eigenvalue weighted by Gasteiger charge is -2.06. The lowest BCUT2D eigenvalue weighted by molar-refractivity contribution is 0.0991. The Labute approximate surface area is 188 Å². The van der Waals surface area contributed by atoms with Crippen LogP contribution < -0.4 is 10.1 Å². The second kappa shape index (κ2) is 9.23. The van der Waals surface area contributed by atoms with E-state index in [-0.39, 0.29) is 35.4 Å². The van der Waals surface area contributed by atoms with E-state index >= 15 is 0 Å². The number of rotatable bonds is 7. The Morgan fingerprint density at radius 3 is 2.72 bits per heavy atom. The number of amides is 1. The van der Waals surface area contributed by atoms with Crippen molar-refractivity contribution in [3.63, 3.8) is 0 Å². The van der Waals surface area contributed by atoms with Gasteiger partial charge in [0.2, 0.25) is 5.95 Å². The molecule has 32 heavy (non-hydrogen) atoms. The first-order valence-corrected chi connectivity index (χ1v) is 10.2. The highest BCUT2D eigenvalue weighted by Gasteiger charge is 2.15. The highest BCUT2D eigenvalue weighted by Crippen LogP contribution is 2.21. The summed E-state index contributed by atoms with van der Waals surface area (Å²) in [5, 5.41) is 6.98. The van der Waals surface area contributed by atoms with Crippen LogP contribution in [0.3, 0.4) is 0 Å². The van der Waals surface area contributed by atoms with Gasteiger partial charge >= 0.3 is 0 Å². The Morgan fingerprint density at radius 1 is 1.19 bits per heavy atom. The second-order valence-corrected chi connectivity index (χ2v) is 7.71. The standard InChI is InChI=1S/C23H20ClFN4O3/c1-14-8-15(2)10-17(9-14)31-12-16-6-7-21(32-16)22(30)27-23-26-13-29(28-23)11-18-19(24)4-3-5-20(18)25/h3-10,13H,11-12H2,1-2H3,(H,27,28,30). The molecule has 164 valence electrons. The minimum Gasteiger partial charge on any atom is -0.486 e. The number of ether oxygens (including phenoxy) is 1. The Morgan fingerprint density at radius 2 is 1.97 bits per heavy atom. The molecule has 0 fully saturated rings. The number of furan rings is 1. The first-order valence-electron chi connectivity index (χ1n) is 9.81. The maximum absolute atomic E-state index is 13.9. The molecule has 0 bridgehead atoms. The smallest absolute Gasteiger partial charge is 0.293 e. The lowest BCUT2D eigenvalue weighted by atomic mass is 10.1. The third-order valence-electron chi connectivity index (χ3n) is 4.61. The summed E-state index contributed by atoms with van der Waals surface area (Å²) in [6, 6.07) is 13.6. The van der Waals surface area contributed by atoms with Crippen LogP contribution in [0.5, 0.6) is 5.75 Å². The van der Waals surface area contributed by atoms with Gasteiger partial charge in [0.25, 0.3) is 5.91 Å². The zero-order valence-electron chi connectivity index (χ0n) is 17.4. The maximum Gasteiger partial charge on any atom is 0.293 e. The van der Waals surface area contributed by atoms with E-state index in [9.17, 15) is 9.18 Å². The normalized spacial score (nSPS) is 10.9. The van der Waals surface area contributed by atoms with Gasteiger partial charge in [-0.3, -0.25) is 10.1 Å². The number of anilines is 1. The quantitative estimate of drug-likeness (QED) is 0.417. The SMILES string of the molecule is Cc1cc(C)cc(OCc2ccc(C(=O)Nc3ncn(Cc4c(F)cccc4Cl)n3)o2)c1. The topological polar surface area (TPSA) is 82.2 Å². The minimum atomic E-state index is -0.510. The summed E-state index contributed by atoms with van der Waals surface area (Å²) in [6.45, 7) is 4.26. The van der Waals surface area contributed by atoms with Crippen molar-refractivity contribution in [2.75, 3.05) is 5.32 Å². The van der Waals surface area contributed by atoms with Crippen LogP contribution in [-0.2, 0) is 13.2 Å². The van der Waals surface area contributed by atoms with Crippen molar-refractivity contribution in [1.82, 2.24) is 14.8 Å². The number of hydrogen-bond acceptors (Lipinski definition) is 5. The molecule has 0 saturated carbocycles. The molecule has 0 aliphatic heterocycles. The highest BCUT2D eigenvalue weighted by atomic mass is 35.5. The summed E-state index contributed by atoms with van der Waals surface area (Å²) < 4.78 is 26.6. The van der Waals surface area contributed by atoms with Crippen LogP contribution in [0.4, 0.5) is 10.3 Å². The average molecular weight is 455 g/mol. The Hall–Kier alpha value is -3.65. The molecule has 7 nitrogen and oxygen atoms in total. The molecule has 0 radical (unpaired) electrons. The van der Waals surface area contributed by atoms with Crippen LogP contribution in [0.15, 0.2) is 59.3 Å². The van der Waals surface area contributed by atoms with E-state index in [1.54, 1.807) is 18.2 Å². The van der Waals surface area contributed by atoms with Crippen LogP contribution in [0, 0.1) is 19.7 Å². The van der Waals surface area contributed by atoms with E-state index in [1.807, 2.05) is 26.0 Å². The van der Waals surface area contributed by atoms with Crippen molar-refractivity contribution in [1.29, 1.82) is 0 Å². The average Bonchev–Trinajstić information content (AvgIpc) is 3.38. The van der Waals surface area contributed by atoms with E-state index in [0.29, 0.717) is 5.76 Å². The summed E-state index contributed by atoms with van der Waals surface area (Å²) in [5.74, 6) is 0.440. The van der Waals surface area contributed by atoms with Crippen LogP contribution in [0.1, 0.15) is 33.0 Å². The number of carbonyl (C=O) groups excluding carboxylic acids is 1. The van der Waals surface area contributed by atoms with Crippen LogP contribution in [0.25, 0.3) is 0 Å². The summed E-state index contributed by atoms with van der Waals surface area (Å²) in [4.78, 5) is 16.5. The summed E-state index contributed by atoms with van der Waals surface area (Å²) in [7, 11) is 0. The molecule has 2 aromatic heterocycles. The first-order chi connectivity index (χ1) is 15.4. The number of benzene rings is 2. The Bertz CT molecular complexity index is 1230. The number of aromatic nitrogens is 3. The van der Waals surface area contributed by atoms with Gasteiger partial charge in [0.1, 0.15) is 30.3 Å². The summed E-state index contributed by atoms with van der Waals surface area (Å²) >= 11 is 6.04. The molecule has 0 saturated heterocycles. The Kier molecular flexibility index (Phi) is 6.23. The largest absolute Gasteiger partial charge is 0.486 e. The molecular weight excluding hydrogens is 435 g/mol. The molecule has 0 aliphatic rings. The van der Waals surface area contributed by atoms with Gasteiger partial charge in [-0.2, -0.15) is 0 Å². The number of aryl methyl sites for hydroxylation is 2. The molecule has 1 amide bonds. The van der Waals surface area contributed by atoms with Gasteiger partial charge in [-0.15, -0.1) is 5.10 Å². The van der Waals surface area contributed by atoms with Gasteiger partial charge in [0, 0.05) is 10.6 Å². The molecule has 4 rings (SSSR count). The van der Waals surface area contributed by atoms with Gasteiger partial charge in [0.15, 0.2) is 5.76 Å². The van der Waals surface area contributed by atoms with E-state index in [4.69, 9.17) is 20.8 Å². The molecular formula is C23H20ClFN4O3.